The molecule has 0 radical (unpaired) electrons. The number of amides is 1. The van der Waals surface area contributed by atoms with Crippen LogP contribution in [0.2, 0.25) is 0 Å². The molecule has 2 aromatic rings. The van der Waals surface area contributed by atoms with Gasteiger partial charge in [-0.2, -0.15) is 0 Å². The lowest BCUT2D eigenvalue weighted by Crippen LogP contribution is -2.40. The van der Waals surface area contributed by atoms with Crippen molar-refractivity contribution in [3.05, 3.63) is 59.0 Å². The summed E-state index contributed by atoms with van der Waals surface area (Å²) in [5.41, 5.74) is 10.7. The highest BCUT2D eigenvalue weighted by molar-refractivity contribution is 6.03. The fourth-order valence-corrected chi connectivity index (χ4v) is 3.92. The van der Waals surface area contributed by atoms with Crippen LogP contribution < -0.4 is 5.43 Å². The summed E-state index contributed by atoms with van der Waals surface area (Å²) < 4.78 is 5.49. The molecule has 0 bridgehead atoms. The Hall–Kier alpha value is -2.70. The molecule has 1 amide bonds. The van der Waals surface area contributed by atoms with Gasteiger partial charge >= 0.3 is 0 Å². The number of likely N-dealkylation sites (N-methyl/N-ethyl adjacent to an activating group) is 1. The topological polar surface area (TPSA) is 57.7 Å². The molecule has 1 N–H and O–H groups in total. The van der Waals surface area contributed by atoms with Crippen LogP contribution in [-0.4, -0.2) is 54.2 Å². The molecule has 6 heteroatoms. The maximum absolute atomic E-state index is 13.1. The van der Waals surface area contributed by atoms with Crippen LogP contribution in [0.3, 0.4) is 0 Å². The van der Waals surface area contributed by atoms with Gasteiger partial charge in [-0.05, 0) is 42.7 Å². The molecule has 2 aliphatic rings. The van der Waals surface area contributed by atoms with E-state index in [0.29, 0.717) is 32.8 Å². The molecule has 0 fully saturated rings. The number of benzene rings is 1. The molecule has 1 aromatic heterocycles. The van der Waals surface area contributed by atoms with Crippen molar-refractivity contribution in [1.29, 1.82) is 0 Å². The second-order valence-corrected chi connectivity index (χ2v) is 7.18. The normalized spacial score (nSPS) is 16.3. The highest BCUT2D eigenvalue weighted by Gasteiger charge is 2.34. The fraction of sp³-hybridized carbons (Fsp3) is 0.364. The second-order valence-electron chi connectivity index (χ2n) is 7.18. The Labute approximate surface area is 165 Å². The Morgan fingerprint density at radius 1 is 1.25 bits per heavy atom. The van der Waals surface area contributed by atoms with Gasteiger partial charge in [0, 0.05) is 49.8 Å². The van der Waals surface area contributed by atoms with Gasteiger partial charge in [0.15, 0.2) is 0 Å². The third-order valence-corrected chi connectivity index (χ3v) is 5.38. The van der Waals surface area contributed by atoms with E-state index in [1.807, 2.05) is 38.2 Å². The van der Waals surface area contributed by atoms with Gasteiger partial charge in [0.2, 0.25) is 0 Å². The van der Waals surface area contributed by atoms with E-state index in [1.165, 1.54) is 5.56 Å². The average Bonchev–Trinajstić information content (AvgIpc) is 3.08. The highest BCUT2D eigenvalue weighted by atomic mass is 16.5. The first-order chi connectivity index (χ1) is 13.6. The van der Waals surface area contributed by atoms with E-state index < -0.39 is 0 Å². The van der Waals surface area contributed by atoms with E-state index in [-0.39, 0.29) is 5.91 Å². The molecule has 0 spiro atoms. The molecular formula is C22H26N4O2. The van der Waals surface area contributed by atoms with Crippen molar-refractivity contribution in [2.75, 3.05) is 33.4 Å². The van der Waals surface area contributed by atoms with Crippen LogP contribution in [0.5, 0.6) is 0 Å². The van der Waals surface area contributed by atoms with Crippen molar-refractivity contribution in [3.63, 3.8) is 0 Å². The SMILES string of the molecule is CCOCCN1NCC2=C1C(=O)N(C)Cc1ccc(-c3cccnc3C)cc12. The molecular weight excluding hydrogens is 352 g/mol. The Morgan fingerprint density at radius 2 is 2.11 bits per heavy atom. The van der Waals surface area contributed by atoms with E-state index in [2.05, 4.69) is 34.7 Å². The fourth-order valence-electron chi connectivity index (χ4n) is 3.92. The molecule has 3 heterocycles. The van der Waals surface area contributed by atoms with E-state index in [9.17, 15) is 4.79 Å². The molecule has 2 aliphatic heterocycles. The summed E-state index contributed by atoms with van der Waals surface area (Å²) in [7, 11) is 1.86. The predicted octanol–water partition coefficient (Wildman–Crippen LogP) is 2.60. The molecule has 0 atom stereocenters. The van der Waals surface area contributed by atoms with Gasteiger partial charge in [-0.1, -0.05) is 18.2 Å². The number of carbonyl (C=O) groups excluding carboxylic acids is 1. The summed E-state index contributed by atoms with van der Waals surface area (Å²) in [6.07, 6.45) is 1.81. The van der Waals surface area contributed by atoms with Crippen molar-refractivity contribution in [2.24, 2.45) is 0 Å². The minimum Gasteiger partial charge on any atom is -0.380 e. The molecule has 1 aromatic carbocycles. The Kier molecular flexibility index (Phi) is 5.15. The largest absolute Gasteiger partial charge is 0.380 e. The minimum atomic E-state index is 0.0480. The third kappa shape index (κ3) is 3.30. The van der Waals surface area contributed by atoms with Crippen LogP contribution >= 0.6 is 0 Å². The maximum Gasteiger partial charge on any atom is 0.271 e. The lowest BCUT2D eigenvalue weighted by Gasteiger charge is -2.24. The number of hydrogen-bond donors (Lipinski definition) is 1. The number of hydrogen-bond acceptors (Lipinski definition) is 5. The Balaban J connectivity index is 1.78. The van der Waals surface area contributed by atoms with Gasteiger partial charge in [0.25, 0.3) is 5.91 Å². The van der Waals surface area contributed by atoms with Crippen LogP contribution in [0.15, 0.2) is 42.2 Å². The molecule has 28 heavy (non-hydrogen) atoms. The van der Waals surface area contributed by atoms with Crippen LogP contribution in [0.1, 0.15) is 23.7 Å². The first kappa shape index (κ1) is 18.7. The second kappa shape index (κ2) is 7.73. The molecule has 146 valence electrons. The number of aromatic nitrogens is 1. The number of fused-ring (bicyclic) bond motifs is 2. The first-order valence-electron chi connectivity index (χ1n) is 9.72. The van der Waals surface area contributed by atoms with Gasteiger partial charge in [-0.3, -0.25) is 9.78 Å². The summed E-state index contributed by atoms with van der Waals surface area (Å²) in [6.45, 7) is 7.14. The summed E-state index contributed by atoms with van der Waals surface area (Å²) in [5, 5.41) is 1.95. The van der Waals surface area contributed by atoms with Gasteiger partial charge in [-0.25, -0.2) is 5.43 Å². The zero-order chi connectivity index (χ0) is 19.7. The van der Waals surface area contributed by atoms with E-state index >= 15 is 0 Å². The van der Waals surface area contributed by atoms with Gasteiger partial charge in [0.05, 0.1) is 13.2 Å². The van der Waals surface area contributed by atoms with E-state index in [4.69, 9.17) is 4.74 Å². The summed E-state index contributed by atoms with van der Waals surface area (Å²) in [4.78, 5) is 19.3. The predicted molar refractivity (Wildman–Crippen MR) is 109 cm³/mol. The third-order valence-electron chi connectivity index (χ3n) is 5.38. The molecule has 6 nitrogen and oxygen atoms in total. The number of carbonyl (C=O) groups is 1. The number of rotatable bonds is 5. The maximum atomic E-state index is 13.1. The van der Waals surface area contributed by atoms with Gasteiger partial charge in [-0.15, -0.1) is 0 Å². The van der Waals surface area contributed by atoms with Crippen molar-refractivity contribution in [1.82, 2.24) is 20.3 Å². The molecule has 4 rings (SSSR count). The minimum absolute atomic E-state index is 0.0480. The number of hydrazine groups is 1. The number of pyridine rings is 1. The van der Waals surface area contributed by atoms with E-state index in [1.54, 1.807) is 4.90 Å². The van der Waals surface area contributed by atoms with E-state index in [0.717, 1.165) is 33.7 Å². The summed E-state index contributed by atoms with van der Waals surface area (Å²) in [6, 6.07) is 10.5. The first-order valence-corrected chi connectivity index (χ1v) is 9.72. The van der Waals surface area contributed by atoms with Crippen molar-refractivity contribution in [2.45, 2.75) is 20.4 Å². The molecule has 0 aliphatic carbocycles. The number of nitrogens with one attached hydrogen (secondary N) is 1. The van der Waals surface area contributed by atoms with Gasteiger partial charge in [0.1, 0.15) is 5.70 Å². The van der Waals surface area contributed by atoms with Crippen LogP contribution in [0, 0.1) is 6.92 Å². The summed E-state index contributed by atoms with van der Waals surface area (Å²) in [5.74, 6) is 0.0480. The highest BCUT2D eigenvalue weighted by Crippen LogP contribution is 2.35. The lowest BCUT2D eigenvalue weighted by atomic mass is 9.94. The van der Waals surface area contributed by atoms with Crippen molar-refractivity contribution >= 4 is 11.5 Å². The molecule has 0 saturated carbocycles. The zero-order valence-electron chi connectivity index (χ0n) is 16.7. The zero-order valence-corrected chi connectivity index (χ0v) is 16.7. The van der Waals surface area contributed by atoms with Crippen molar-refractivity contribution < 1.29 is 9.53 Å². The number of nitrogens with zero attached hydrogens (tertiary/aromatic N) is 3. The average molecular weight is 378 g/mol. The monoisotopic (exact) mass is 378 g/mol. The summed E-state index contributed by atoms with van der Waals surface area (Å²) >= 11 is 0. The Morgan fingerprint density at radius 3 is 2.89 bits per heavy atom. The van der Waals surface area contributed by atoms with Crippen LogP contribution in [0.25, 0.3) is 16.7 Å². The van der Waals surface area contributed by atoms with Crippen LogP contribution in [-0.2, 0) is 16.1 Å². The van der Waals surface area contributed by atoms with Gasteiger partial charge < -0.3 is 14.6 Å². The number of ether oxygens (including phenoxy) is 1. The smallest absolute Gasteiger partial charge is 0.271 e. The molecule has 0 saturated heterocycles. The Bertz CT molecular complexity index is 938. The quantitative estimate of drug-likeness (QED) is 0.811. The van der Waals surface area contributed by atoms with Crippen molar-refractivity contribution in [3.8, 4) is 11.1 Å². The standard InChI is InChI=1S/C22H26N4O2/c1-4-28-11-10-26-21-20(13-24-26)19-12-16(18-6-5-9-23-15(18)2)7-8-17(19)14-25(3)22(21)27/h5-9,12,24H,4,10-11,13-14H2,1-3H3. The lowest BCUT2D eigenvalue weighted by molar-refractivity contribution is -0.128. The van der Waals surface area contributed by atoms with Crippen LogP contribution in [0.4, 0.5) is 0 Å². The number of aryl methyl sites for hydroxylation is 1. The molecule has 0 unspecified atom stereocenters.